The molecule has 2 aliphatic carbocycles. The number of nitrogens with zero attached hydrogens (tertiary/aromatic N) is 3. The minimum Gasteiger partial charge on any atom is -0.367 e. The topological polar surface area (TPSA) is 85.3 Å². The van der Waals surface area contributed by atoms with Gasteiger partial charge >= 0.3 is 0 Å². The first-order chi connectivity index (χ1) is 17.5. The number of carbonyl (C=O) groups excluding carboxylic acids is 1. The Kier molecular flexibility index (Phi) is 5.96. The number of hydrogen-bond acceptors (Lipinski definition) is 5. The van der Waals surface area contributed by atoms with Gasteiger partial charge in [-0.3, -0.25) is 9.20 Å². The SMILES string of the molecule is CC(C)CNc1nc(-c2ccc(SC3CC3)cc2)cn2c(-c3ccc(C(N)=O)c(C4CC4)c3)cnc12. The summed E-state index contributed by atoms with van der Waals surface area (Å²) in [6, 6.07) is 14.7. The van der Waals surface area contributed by atoms with Crippen molar-refractivity contribution in [3.8, 4) is 22.5 Å². The minimum atomic E-state index is -0.364. The summed E-state index contributed by atoms with van der Waals surface area (Å²) in [5.74, 6) is 1.31. The van der Waals surface area contributed by atoms with Crippen LogP contribution >= 0.6 is 11.8 Å². The van der Waals surface area contributed by atoms with E-state index in [1.165, 1.54) is 17.7 Å². The highest BCUT2D eigenvalue weighted by Crippen LogP contribution is 2.43. The zero-order chi connectivity index (χ0) is 24.8. The van der Waals surface area contributed by atoms with E-state index in [9.17, 15) is 4.79 Å². The van der Waals surface area contributed by atoms with Gasteiger partial charge in [0.2, 0.25) is 5.91 Å². The molecule has 7 heteroatoms. The Labute approximate surface area is 215 Å². The molecule has 2 aromatic heterocycles. The van der Waals surface area contributed by atoms with Gasteiger partial charge in [0.15, 0.2) is 11.5 Å². The lowest BCUT2D eigenvalue weighted by Crippen LogP contribution is -2.13. The van der Waals surface area contributed by atoms with Gasteiger partial charge in [0, 0.05) is 39.6 Å². The summed E-state index contributed by atoms with van der Waals surface area (Å²) in [6.45, 7) is 5.17. The number of nitrogens with one attached hydrogen (secondary N) is 1. The molecule has 36 heavy (non-hydrogen) atoms. The quantitative estimate of drug-likeness (QED) is 0.281. The Balaban J connectivity index is 1.44. The molecule has 184 valence electrons. The molecule has 0 atom stereocenters. The van der Waals surface area contributed by atoms with Crippen molar-refractivity contribution >= 4 is 29.1 Å². The highest BCUT2D eigenvalue weighted by atomic mass is 32.2. The fraction of sp³-hybridized carbons (Fsp3) is 0.345. The first kappa shape index (κ1) is 23.1. The predicted molar refractivity (Wildman–Crippen MR) is 147 cm³/mol. The number of amides is 1. The van der Waals surface area contributed by atoms with Crippen LogP contribution in [0.5, 0.6) is 0 Å². The standard InChI is InChI=1S/C29H31N5OS/c1-17(2)14-31-28-29-32-15-26(20-7-12-23(27(30)35)24(13-20)18-3-4-18)34(29)16-25(33-28)19-5-8-21(9-6-19)36-22-10-11-22/h5-9,12-13,15-18,22H,3-4,10-11,14H2,1-2H3,(H2,30,35)(H,31,33). The van der Waals surface area contributed by atoms with E-state index in [1.807, 2.05) is 30.1 Å². The van der Waals surface area contributed by atoms with Gasteiger partial charge in [-0.05, 0) is 67.3 Å². The van der Waals surface area contributed by atoms with E-state index < -0.39 is 0 Å². The molecule has 2 fully saturated rings. The number of benzene rings is 2. The average molecular weight is 498 g/mol. The third-order valence-electron chi connectivity index (χ3n) is 6.78. The van der Waals surface area contributed by atoms with Crippen LogP contribution in [-0.2, 0) is 0 Å². The molecule has 4 aromatic rings. The second kappa shape index (κ2) is 9.28. The van der Waals surface area contributed by atoms with Gasteiger partial charge in [-0.2, -0.15) is 0 Å². The first-order valence-corrected chi connectivity index (χ1v) is 13.7. The Bertz CT molecular complexity index is 1430. The van der Waals surface area contributed by atoms with Gasteiger partial charge < -0.3 is 11.1 Å². The van der Waals surface area contributed by atoms with Crippen LogP contribution in [0.3, 0.4) is 0 Å². The third-order valence-corrected chi connectivity index (χ3v) is 8.13. The number of carbonyl (C=O) groups is 1. The molecule has 6 rings (SSSR count). The van der Waals surface area contributed by atoms with Crippen LogP contribution in [-0.4, -0.2) is 32.1 Å². The highest BCUT2D eigenvalue weighted by molar-refractivity contribution is 8.00. The molecule has 1 amide bonds. The Hall–Kier alpha value is -3.32. The normalized spacial score (nSPS) is 15.5. The van der Waals surface area contributed by atoms with Crippen LogP contribution in [0.4, 0.5) is 5.82 Å². The summed E-state index contributed by atoms with van der Waals surface area (Å²) >= 11 is 1.96. The fourth-order valence-corrected chi connectivity index (χ4v) is 5.57. The van der Waals surface area contributed by atoms with E-state index in [0.29, 0.717) is 17.4 Å². The van der Waals surface area contributed by atoms with Crippen LogP contribution in [0.15, 0.2) is 59.8 Å². The van der Waals surface area contributed by atoms with Gasteiger partial charge in [0.25, 0.3) is 0 Å². The summed E-state index contributed by atoms with van der Waals surface area (Å²) in [5, 5.41) is 4.30. The van der Waals surface area contributed by atoms with Crippen LogP contribution in [0.2, 0.25) is 0 Å². The molecule has 6 nitrogen and oxygen atoms in total. The van der Waals surface area contributed by atoms with Crippen LogP contribution in [0.1, 0.15) is 61.4 Å². The van der Waals surface area contributed by atoms with E-state index >= 15 is 0 Å². The van der Waals surface area contributed by atoms with Crippen molar-refractivity contribution in [2.24, 2.45) is 11.7 Å². The lowest BCUT2D eigenvalue weighted by Gasteiger charge is -2.13. The molecule has 2 heterocycles. The highest BCUT2D eigenvalue weighted by Gasteiger charge is 2.28. The van der Waals surface area contributed by atoms with Crippen molar-refractivity contribution in [3.05, 3.63) is 66.0 Å². The van der Waals surface area contributed by atoms with E-state index in [4.69, 9.17) is 15.7 Å². The number of hydrogen-bond donors (Lipinski definition) is 2. The largest absolute Gasteiger partial charge is 0.367 e. The number of fused-ring (bicyclic) bond motifs is 1. The maximum absolute atomic E-state index is 12.0. The van der Waals surface area contributed by atoms with Gasteiger partial charge in [0.05, 0.1) is 17.6 Å². The van der Waals surface area contributed by atoms with Crippen molar-refractivity contribution in [3.63, 3.8) is 0 Å². The molecule has 2 aromatic carbocycles. The lowest BCUT2D eigenvalue weighted by molar-refractivity contribution is 0.0999. The van der Waals surface area contributed by atoms with Gasteiger partial charge in [0.1, 0.15) is 0 Å². The summed E-state index contributed by atoms with van der Waals surface area (Å²) in [4.78, 5) is 23.1. The molecular formula is C29H31N5OS. The van der Waals surface area contributed by atoms with Crippen LogP contribution in [0, 0.1) is 5.92 Å². The monoisotopic (exact) mass is 497 g/mol. The summed E-state index contributed by atoms with van der Waals surface area (Å²) in [5.41, 5.74) is 12.1. The molecular weight excluding hydrogens is 466 g/mol. The molecule has 2 aliphatic rings. The molecule has 2 saturated carbocycles. The van der Waals surface area contributed by atoms with E-state index in [-0.39, 0.29) is 5.91 Å². The van der Waals surface area contributed by atoms with Crippen LogP contribution in [0.25, 0.3) is 28.2 Å². The van der Waals surface area contributed by atoms with Crippen molar-refractivity contribution < 1.29 is 4.79 Å². The second-order valence-corrected chi connectivity index (χ2v) is 11.7. The molecule has 0 bridgehead atoms. The van der Waals surface area contributed by atoms with Gasteiger partial charge in [-0.15, -0.1) is 11.8 Å². The third kappa shape index (κ3) is 4.72. The number of primary amides is 1. The second-order valence-electron chi connectivity index (χ2n) is 10.4. The van der Waals surface area contributed by atoms with Gasteiger partial charge in [-0.1, -0.05) is 32.0 Å². The molecule has 0 unspecified atom stereocenters. The molecule has 0 spiro atoms. The average Bonchev–Trinajstić information content (AvgIpc) is 3.81. The van der Waals surface area contributed by atoms with Crippen molar-refractivity contribution in [2.75, 3.05) is 11.9 Å². The molecule has 0 aliphatic heterocycles. The summed E-state index contributed by atoms with van der Waals surface area (Å²) in [6.07, 6.45) is 8.81. The number of imidazole rings is 1. The zero-order valence-corrected chi connectivity index (χ0v) is 21.5. The predicted octanol–water partition coefficient (Wildman–Crippen LogP) is 6.36. The van der Waals surface area contributed by atoms with Crippen molar-refractivity contribution in [1.82, 2.24) is 14.4 Å². The summed E-state index contributed by atoms with van der Waals surface area (Å²) < 4.78 is 2.12. The first-order valence-electron chi connectivity index (χ1n) is 12.8. The maximum Gasteiger partial charge on any atom is 0.248 e. The number of aromatic nitrogens is 3. The van der Waals surface area contributed by atoms with E-state index in [1.54, 1.807) is 0 Å². The van der Waals surface area contributed by atoms with Crippen molar-refractivity contribution in [1.29, 1.82) is 0 Å². The Morgan fingerprint density at radius 1 is 1.11 bits per heavy atom. The Morgan fingerprint density at radius 3 is 2.53 bits per heavy atom. The van der Waals surface area contributed by atoms with Crippen LogP contribution < -0.4 is 11.1 Å². The molecule has 0 saturated heterocycles. The van der Waals surface area contributed by atoms with Gasteiger partial charge in [-0.25, -0.2) is 9.97 Å². The lowest BCUT2D eigenvalue weighted by atomic mass is 9.98. The number of nitrogens with two attached hydrogens (primary N) is 1. The van der Waals surface area contributed by atoms with Crippen molar-refractivity contribution in [2.45, 2.75) is 55.6 Å². The minimum absolute atomic E-state index is 0.364. The summed E-state index contributed by atoms with van der Waals surface area (Å²) in [7, 11) is 0. The molecule has 3 N–H and O–H groups in total. The molecule has 0 radical (unpaired) electrons. The smallest absolute Gasteiger partial charge is 0.248 e. The number of anilines is 1. The van der Waals surface area contributed by atoms with E-state index in [0.717, 1.165) is 64.2 Å². The number of rotatable bonds is 9. The Morgan fingerprint density at radius 2 is 1.86 bits per heavy atom. The number of thioether (sulfide) groups is 1. The fourth-order valence-electron chi connectivity index (χ4n) is 4.52. The maximum atomic E-state index is 12.0. The van der Waals surface area contributed by atoms with E-state index in [2.05, 4.69) is 60.1 Å². The zero-order valence-electron chi connectivity index (χ0n) is 20.7.